The summed E-state index contributed by atoms with van der Waals surface area (Å²) in [7, 11) is 0. The van der Waals surface area contributed by atoms with Crippen LogP contribution in [-0.4, -0.2) is 18.0 Å². The third-order valence-corrected chi connectivity index (χ3v) is 3.36. The normalized spacial score (nSPS) is 17.2. The highest BCUT2D eigenvalue weighted by Gasteiger charge is 2.17. The molecule has 1 nitrogen and oxygen atoms in total. The van der Waals surface area contributed by atoms with Crippen molar-refractivity contribution in [3.63, 3.8) is 0 Å². The van der Waals surface area contributed by atoms with Crippen molar-refractivity contribution < 1.29 is 4.39 Å². The molecule has 16 heavy (non-hydrogen) atoms. The minimum atomic E-state index is -0.0434. The number of nitrogens with zero attached hydrogens (tertiary/aromatic N) is 1. The van der Waals surface area contributed by atoms with E-state index >= 15 is 0 Å². The zero-order valence-electron chi connectivity index (χ0n) is 10.2. The summed E-state index contributed by atoms with van der Waals surface area (Å²) in [4.78, 5) is 2.35. The zero-order valence-corrected chi connectivity index (χ0v) is 10.2. The lowest BCUT2D eigenvalue weighted by Crippen LogP contribution is -2.20. The first-order valence-corrected chi connectivity index (χ1v) is 6.18. The fourth-order valence-corrected chi connectivity index (χ4v) is 2.45. The largest absolute Gasteiger partial charge is 0.299 e. The van der Waals surface area contributed by atoms with Gasteiger partial charge >= 0.3 is 0 Å². The predicted octanol–water partition coefficient (Wildman–Crippen LogP) is 3.54. The number of likely N-dealkylation sites (tertiary alicyclic amines) is 1. The molecular formula is C14H20FN. The Morgan fingerprint density at radius 2 is 1.94 bits per heavy atom. The molecular weight excluding hydrogens is 201 g/mol. The molecule has 0 aliphatic carbocycles. The second-order valence-corrected chi connectivity index (χ2v) is 4.95. The van der Waals surface area contributed by atoms with E-state index in [2.05, 4.69) is 24.8 Å². The van der Waals surface area contributed by atoms with Crippen LogP contribution in [-0.2, 0) is 6.54 Å². The quantitative estimate of drug-likeness (QED) is 0.754. The van der Waals surface area contributed by atoms with Crippen LogP contribution in [0, 0.1) is 5.82 Å². The van der Waals surface area contributed by atoms with Gasteiger partial charge in [0, 0.05) is 12.1 Å². The highest BCUT2D eigenvalue weighted by molar-refractivity contribution is 5.31. The highest BCUT2D eigenvalue weighted by atomic mass is 19.1. The Morgan fingerprint density at radius 3 is 2.56 bits per heavy atom. The molecule has 1 aliphatic heterocycles. The Balaban J connectivity index is 2.23. The lowest BCUT2D eigenvalue weighted by Gasteiger charge is -2.19. The van der Waals surface area contributed by atoms with Gasteiger partial charge in [0.2, 0.25) is 0 Å². The van der Waals surface area contributed by atoms with Crippen LogP contribution in [0.5, 0.6) is 0 Å². The van der Waals surface area contributed by atoms with Crippen molar-refractivity contribution in [3.05, 3.63) is 35.1 Å². The summed E-state index contributed by atoms with van der Waals surface area (Å²) in [6.07, 6.45) is 2.51. The molecule has 1 aromatic rings. The van der Waals surface area contributed by atoms with Crippen molar-refractivity contribution >= 4 is 0 Å². The van der Waals surface area contributed by atoms with Gasteiger partial charge < -0.3 is 0 Å². The Hall–Kier alpha value is -0.890. The van der Waals surface area contributed by atoms with Crippen LogP contribution in [0.4, 0.5) is 4.39 Å². The van der Waals surface area contributed by atoms with Crippen LogP contribution < -0.4 is 0 Å². The summed E-state index contributed by atoms with van der Waals surface area (Å²) in [6, 6.07) is 5.45. The van der Waals surface area contributed by atoms with E-state index in [1.165, 1.54) is 12.8 Å². The molecule has 0 N–H and O–H groups in total. The zero-order chi connectivity index (χ0) is 11.5. The average Bonchev–Trinajstić information content (AvgIpc) is 2.73. The first-order valence-electron chi connectivity index (χ1n) is 6.18. The molecule has 1 fully saturated rings. The fraction of sp³-hybridized carbons (Fsp3) is 0.571. The van der Waals surface area contributed by atoms with E-state index in [4.69, 9.17) is 0 Å². The van der Waals surface area contributed by atoms with Gasteiger partial charge in [-0.15, -0.1) is 0 Å². The molecule has 0 radical (unpaired) electrons. The van der Waals surface area contributed by atoms with Crippen molar-refractivity contribution in [2.24, 2.45) is 0 Å². The highest BCUT2D eigenvalue weighted by Crippen LogP contribution is 2.24. The molecule has 88 valence electrons. The van der Waals surface area contributed by atoms with Crippen molar-refractivity contribution in [1.29, 1.82) is 0 Å². The number of hydrogen-bond donors (Lipinski definition) is 0. The molecule has 2 rings (SSSR count). The van der Waals surface area contributed by atoms with Gasteiger partial charge in [0.15, 0.2) is 0 Å². The van der Waals surface area contributed by atoms with E-state index in [9.17, 15) is 4.39 Å². The van der Waals surface area contributed by atoms with E-state index in [0.717, 1.165) is 30.8 Å². The summed E-state index contributed by atoms with van der Waals surface area (Å²) < 4.78 is 13.8. The maximum absolute atomic E-state index is 13.8. The van der Waals surface area contributed by atoms with E-state index in [0.29, 0.717) is 5.92 Å². The van der Waals surface area contributed by atoms with Gasteiger partial charge in [-0.25, -0.2) is 4.39 Å². The standard InChI is InChI=1S/C14H20FN/c1-11(2)12-6-5-7-14(15)13(12)10-16-8-3-4-9-16/h5-7,11H,3-4,8-10H2,1-2H3. The first-order chi connectivity index (χ1) is 7.68. The summed E-state index contributed by atoms with van der Waals surface area (Å²) in [6.45, 7) is 7.27. The third-order valence-electron chi connectivity index (χ3n) is 3.36. The minimum Gasteiger partial charge on any atom is -0.299 e. The van der Waals surface area contributed by atoms with Crippen LogP contribution in [0.2, 0.25) is 0 Å². The van der Waals surface area contributed by atoms with Gasteiger partial charge in [0.25, 0.3) is 0 Å². The number of halogens is 1. The molecule has 0 bridgehead atoms. The molecule has 2 heteroatoms. The smallest absolute Gasteiger partial charge is 0.127 e. The molecule has 1 aliphatic rings. The maximum atomic E-state index is 13.8. The minimum absolute atomic E-state index is 0.0434. The van der Waals surface area contributed by atoms with Gasteiger partial charge in [-0.2, -0.15) is 0 Å². The number of hydrogen-bond acceptors (Lipinski definition) is 1. The van der Waals surface area contributed by atoms with E-state index < -0.39 is 0 Å². The maximum Gasteiger partial charge on any atom is 0.127 e. The summed E-state index contributed by atoms with van der Waals surface area (Å²) in [5.74, 6) is 0.353. The van der Waals surface area contributed by atoms with Crippen molar-refractivity contribution in [1.82, 2.24) is 4.90 Å². The molecule has 0 amide bonds. The Labute approximate surface area is 97.3 Å². The second-order valence-electron chi connectivity index (χ2n) is 4.95. The lowest BCUT2D eigenvalue weighted by molar-refractivity contribution is 0.323. The van der Waals surface area contributed by atoms with Crippen molar-refractivity contribution in [2.75, 3.05) is 13.1 Å². The van der Waals surface area contributed by atoms with Crippen LogP contribution in [0.25, 0.3) is 0 Å². The van der Waals surface area contributed by atoms with Crippen molar-refractivity contribution in [3.8, 4) is 0 Å². The molecule has 0 aromatic heterocycles. The lowest BCUT2D eigenvalue weighted by atomic mass is 9.96. The first kappa shape index (κ1) is 11.6. The Kier molecular flexibility index (Phi) is 3.59. The van der Waals surface area contributed by atoms with E-state index in [1.807, 2.05) is 6.07 Å². The molecule has 0 atom stereocenters. The van der Waals surface area contributed by atoms with Gasteiger partial charge in [-0.3, -0.25) is 4.90 Å². The molecule has 1 saturated heterocycles. The monoisotopic (exact) mass is 221 g/mol. The summed E-state index contributed by atoms with van der Waals surface area (Å²) >= 11 is 0. The summed E-state index contributed by atoms with van der Waals surface area (Å²) in [5.41, 5.74) is 2.06. The van der Waals surface area contributed by atoms with E-state index in [-0.39, 0.29) is 5.82 Å². The Morgan fingerprint density at radius 1 is 1.25 bits per heavy atom. The third kappa shape index (κ3) is 2.43. The van der Waals surface area contributed by atoms with Crippen LogP contribution in [0.1, 0.15) is 43.7 Å². The number of benzene rings is 1. The predicted molar refractivity (Wildman–Crippen MR) is 65.0 cm³/mol. The molecule has 1 heterocycles. The molecule has 0 unspecified atom stereocenters. The van der Waals surface area contributed by atoms with Crippen molar-refractivity contribution in [2.45, 2.75) is 39.2 Å². The van der Waals surface area contributed by atoms with E-state index in [1.54, 1.807) is 6.07 Å². The molecule has 0 spiro atoms. The SMILES string of the molecule is CC(C)c1cccc(F)c1CN1CCCC1. The fourth-order valence-electron chi connectivity index (χ4n) is 2.45. The van der Waals surface area contributed by atoms with Crippen LogP contribution >= 0.6 is 0 Å². The second kappa shape index (κ2) is 4.96. The van der Waals surface area contributed by atoms with Crippen LogP contribution in [0.15, 0.2) is 18.2 Å². The molecule has 0 saturated carbocycles. The van der Waals surface area contributed by atoms with Gasteiger partial charge in [0.1, 0.15) is 5.82 Å². The average molecular weight is 221 g/mol. The van der Waals surface area contributed by atoms with Crippen LogP contribution in [0.3, 0.4) is 0 Å². The Bertz CT molecular complexity index is 354. The van der Waals surface area contributed by atoms with Gasteiger partial charge in [-0.1, -0.05) is 26.0 Å². The topological polar surface area (TPSA) is 3.24 Å². The molecule has 1 aromatic carbocycles. The van der Waals surface area contributed by atoms with Gasteiger partial charge in [0.05, 0.1) is 0 Å². The number of rotatable bonds is 3. The summed E-state index contributed by atoms with van der Waals surface area (Å²) in [5, 5.41) is 0. The van der Waals surface area contributed by atoms with Gasteiger partial charge in [-0.05, 0) is 43.5 Å².